The highest BCUT2D eigenvalue weighted by Crippen LogP contribution is 2.23. The van der Waals surface area contributed by atoms with Crippen LogP contribution in [0.25, 0.3) is 0 Å². The number of aliphatic hydroxyl groups is 1. The maximum absolute atomic E-state index is 11.0. The van der Waals surface area contributed by atoms with Crippen LogP contribution in [0.3, 0.4) is 0 Å². The van der Waals surface area contributed by atoms with Crippen molar-refractivity contribution in [1.29, 1.82) is 0 Å². The van der Waals surface area contributed by atoms with Crippen LogP contribution < -0.4 is 9.47 Å². The SMILES string of the molecule is C/N=C(\SCO[C@@H]([C@H](COCc1ccc(OC)cc1)OCc1ccc(OC)cc1)C(C)(C)O)N(C)C. The normalized spacial score (nSPS) is 13.8. The lowest BCUT2D eigenvalue weighted by atomic mass is 9.97. The van der Waals surface area contributed by atoms with Gasteiger partial charge in [0.1, 0.15) is 29.6 Å². The number of benzene rings is 2. The van der Waals surface area contributed by atoms with Gasteiger partial charge in [0.05, 0.1) is 39.6 Å². The molecule has 0 amide bonds. The molecule has 0 saturated carbocycles. The maximum Gasteiger partial charge on any atom is 0.160 e. The quantitative estimate of drug-likeness (QED) is 0.226. The van der Waals surface area contributed by atoms with Gasteiger partial charge in [0.15, 0.2) is 5.17 Å². The molecule has 36 heavy (non-hydrogen) atoms. The van der Waals surface area contributed by atoms with Crippen molar-refractivity contribution in [3.8, 4) is 11.5 Å². The summed E-state index contributed by atoms with van der Waals surface area (Å²) in [5.74, 6) is 1.88. The molecule has 0 bridgehead atoms. The van der Waals surface area contributed by atoms with Crippen LogP contribution in [-0.4, -0.2) is 80.9 Å². The molecular weight excluding hydrogens is 480 g/mol. The smallest absolute Gasteiger partial charge is 0.160 e. The van der Waals surface area contributed by atoms with E-state index in [0.29, 0.717) is 19.2 Å². The average Bonchev–Trinajstić information content (AvgIpc) is 2.86. The average molecular weight is 521 g/mol. The van der Waals surface area contributed by atoms with Crippen LogP contribution in [0, 0.1) is 0 Å². The van der Waals surface area contributed by atoms with Crippen LogP contribution in [0.15, 0.2) is 53.5 Å². The Labute approximate surface area is 219 Å². The van der Waals surface area contributed by atoms with Crippen LogP contribution in [0.2, 0.25) is 0 Å². The first-order valence-corrected chi connectivity index (χ1v) is 12.7. The Morgan fingerprint density at radius 3 is 1.89 bits per heavy atom. The fraction of sp³-hybridized carbons (Fsp3) is 0.519. The maximum atomic E-state index is 11.0. The predicted molar refractivity (Wildman–Crippen MR) is 145 cm³/mol. The predicted octanol–water partition coefficient (Wildman–Crippen LogP) is 4.20. The van der Waals surface area contributed by atoms with E-state index < -0.39 is 17.8 Å². The molecule has 0 radical (unpaired) electrons. The van der Waals surface area contributed by atoms with Crippen molar-refractivity contribution in [2.45, 2.75) is 44.9 Å². The minimum atomic E-state index is -1.17. The van der Waals surface area contributed by atoms with E-state index in [1.165, 1.54) is 11.8 Å². The zero-order chi connectivity index (χ0) is 26.6. The molecule has 2 atom stereocenters. The van der Waals surface area contributed by atoms with Gasteiger partial charge in [0.25, 0.3) is 0 Å². The molecule has 2 aromatic carbocycles. The van der Waals surface area contributed by atoms with E-state index in [1.54, 1.807) is 35.1 Å². The van der Waals surface area contributed by atoms with E-state index >= 15 is 0 Å². The van der Waals surface area contributed by atoms with Gasteiger partial charge < -0.3 is 33.7 Å². The number of rotatable bonds is 14. The minimum absolute atomic E-state index is 0.240. The van der Waals surface area contributed by atoms with Crippen LogP contribution >= 0.6 is 11.8 Å². The second-order valence-corrected chi connectivity index (χ2v) is 9.85. The van der Waals surface area contributed by atoms with Gasteiger partial charge in [-0.3, -0.25) is 4.99 Å². The van der Waals surface area contributed by atoms with Crippen molar-refractivity contribution in [1.82, 2.24) is 4.90 Å². The van der Waals surface area contributed by atoms with Crippen molar-refractivity contribution in [2.75, 3.05) is 47.9 Å². The van der Waals surface area contributed by atoms with Gasteiger partial charge >= 0.3 is 0 Å². The first-order chi connectivity index (χ1) is 17.2. The third-order valence-corrected chi connectivity index (χ3v) is 6.44. The van der Waals surface area contributed by atoms with Crippen LogP contribution in [0.5, 0.6) is 11.5 Å². The summed E-state index contributed by atoms with van der Waals surface area (Å²) in [6.45, 7) is 4.41. The molecule has 0 saturated heterocycles. The number of hydrogen-bond acceptors (Lipinski definition) is 8. The first-order valence-electron chi connectivity index (χ1n) is 11.7. The van der Waals surface area contributed by atoms with Gasteiger partial charge in [0, 0.05) is 21.1 Å². The van der Waals surface area contributed by atoms with Gasteiger partial charge in [-0.15, -0.1) is 0 Å². The van der Waals surface area contributed by atoms with E-state index in [0.717, 1.165) is 27.8 Å². The van der Waals surface area contributed by atoms with Crippen molar-refractivity contribution < 1.29 is 28.8 Å². The second kappa shape index (κ2) is 15.1. The third-order valence-electron chi connectivity index (χ3n) is 5.38. The topological polar surface area (TPSA) is 82.0 Å². The number of aliphatic imine (C=N–C) groups is 1. The van der Waals surface area contributed by atoms with Gasteiger partial charge in [-0.2, -0.15) is 0 Å². The molecule has 0 heterocycles. The molecule has 0 aliphatic carbocycles. The Hall–Kier alpha value is -2.30. The van der Waals surface area contributed by atoms with E-state index in [4.69, 9.17) is 23.7 Å². The molecule has 0 spiro atoms. The fourth-order valence-electron chi connectivity index (χ4n) is 3.48. The van der Waals surface area contributed by atoms with Crippen molar-refractivity contribution in [3.63, 3.8) is 0 Å². The molecule has 0 fully saturated rings. The zero-order valence-corrected chi connectivity index (χ0v) is 23.2. The van der Waals surface area contributed by atoms with Crippen LogP contribution in [0.1, 0.15) is 25.0 Å². The highest BCUT2D eigenvalue weighted by atomic mass is 32.2. The molecule has 0 aromatic heterocycles. The highest BCUT2D eigenvalue weighted by Gasteiger charge is 2.36. The lowest BCUT2D eigenvalue weighted by Gasteiger charge is -2.35. The van der Waals surface area contributed by atoms with Gasteiger partial charge in [-0.05, 0) is 49.2 Å². The number of nitrogens with zero attached hydrogens (tertiary/aromatic N) is 2. The molecule has 200 valence electrons. The molecule has 0 aliphatic rings. The van der Waals surface area contributed by atoms with Crippen molar-refractivity contribution in [2.24, 2.45) is 4.99 Å². The number of thioether (sulfide) groups is 1. The van der Waals surface area contributed by atoms with Crippen molar-refractivity contribution in [3.05, 3.63) is 59.7 Å². The lowest BCUT2D eigenvalue weighted by molar-refractivity contribution is -0.167. The number of hydrogen-bond donors (Lipinski definition) is 1. The summed E-state index contributed by atoms with van der Waals surface area (Å²) < 4.78 is 28.9. The standard InChI is InChI=1S/C27H40N2O6S/c1-27(2,30)25(35-19-36-26(28-3)29(4)5)24(34-17-21-10-14-23(32-7)15-11-21)18-33-16-20-8-12-22(31-6)13-9-20/h8-15,24-25,30H,16-19H2,1-7H3/b28-26-/t24-,25-/m0/s1. The third kappa shape index (κ3) is 9.99. The summed E-state index contributed by atoms with van der Waals surface area (Å²) >= 11 is 1.45. The largest absolute Gasteiger partial charge is 0.497 e. The molecule has 9 heteroatoms. The summed E-state index contributed by atoms with van der Waals surface area (Å²) in [5, 5.41) is 11.8. The minimum Gasteiger partial charge on any atom is -0.497 e. The summed E-state index contributed by atoms with van der Waals surface area (Å²) in [5.41, 5.74) is 0.819. The van der Waals surface area contributed by atoms with Gasteiger partial charge in [0.2, 0.25) is 0 Å². The summed E-state index contributed by atoms with van der Waals surface area (Å²) in [7, 11) is 8.87. The monoisotopic (exact) mass is 520 g/mol. The molecular formula is C27H40N2O6S. The summed E-state index contributed by atoms with van der Waals surface area (Å²) in [4.78, 5) is 6.18. The first kappa shape index (κ1) is 29.9. The Bertz CT molecular complexity index is 913. The highest BCUT2D eigenvalue weighted by molar-refractivity contribution is 8.13. The Balaban J connectivity index is 2.11. The molecule has 0 aliphatic heterocycles. The lowest BCUT2D eigenvalue weighted by Crippen LogP contribution is -2.49. The second-order valence-electron chi connectivity index (χ2n) is 8.96. The molecule has 0 unspecified atom stereocenters. The Kier molecular flexibility index (Phi) is 12.5. The Morgan fingerprint density at radius 2 is 1.44 bits per heavy atom. The number of amidine groups is 1. The zero-order valence-electron chi connectivity index (χ0n) is 22.4. The Morgan fingerprint density at radius 1 is 0.917 bits per heavy atom. The van der Waals surface area contributed by atoms with Crippen LogP contribution in [0.4, 0.5) is 0 Å². The number of methoxy groups -OCH3 is 2. The summed E-state index contributed by atoms with van der Waals surface area (Å²) in [6, 6.07) is 15.4. The van der Waals surface area contributed by atoms with E-state index in [9.17, 15) is 5.11 Å². The van der Waals surface area contributed by atoms with Crippen molar-refractivity contribution >= 4 is 16.9 Å². The molecule has 1 N–H and O–H groups in total. The molecule has 2 aromatic rings. The van der Waals surface area contributed by atoms with Gasteiger partial charge in [-0.1, -0.05) is 36.0 Å². The molecule has 2 rings (SSSR count). The van der Waals surface area contributed by atoms with E-state index in [-0.39, 0.29) is 6.61 Å². The van der Waals surface area contributed by atoms with E-state index in [2.05, 4.69) is 4.99 Å². The number of ether oxygens (including phenoxy) is 5. The van der Waals surface area contributed by atoms with Gasteiger partial charge in [-0.25, -0.2) is 0 Å². The van der Waals surface area contributed by atoms with E-state index in [1.807, 2.05) is 67.5 Å². The molecule has 8 nitrogen and oxygen atoms in total. The fourth-order valence-corrected chi connectivity index (χ4v) is 4.19. The van der Waals surface area contributed by atoms with Crippen LogP contribution in [-0.2, 0) is 27.4 Å². The summed E-state index contributed by atoms with van der Waals surface area (Å²) in [6.07, 6.45) is -1.16.